The molecule has 0 bridgehead atoms. The van der Waals surface area contributed by atoms with Crippen LogP contribution in [0.15, 0.2) is 48.5 Å². The van der Waals surface area contributed by atoms with Crippen molar-refractivity contribution < 1.29 is 28.6 Å². The molecule has 7 heteroatoms. The van der Waals surface area contributed by atoms with Gasteiger partial charge in [-0.25, -0.2) is 4.79 Å². The Balaban J connectivity index is 1.87. The lowest BCUT2D eigenvalue weighted by atomic mass is 10.1. The molecule has 0 amide bonds. The lowest BCUT2D eigenvalue weighted by Crippen LogP contribution is -2.25. The van der Waals surface area contributed by atoms with Crippen molar-refractivity contribution in [3.05, 3.63) is 65.2 Å². The fraction of sp³-hybridized carbons (Fsp3) is 0.286. The van der Waals surface area contributed by atoms with Gasteiger partial charge in [0, 0.05) is 6.92 Å². The summed E-state index contributed by atoms with van der Waals surface area (Å²) in [6.45, 7) is 1.67. The molecular formula is C21H22N2O5. The summed E-state index contributed by atoms with van der Waals surface area (Å²) in [4.78, 5) is 25.3. The maximum Gasteiger partial charge on any atom is 0.441 e. The molecule has 0 fully saturated rings. The number of ketones is 1. The Bertz CT molecular complexity index is 874. The van der Waals surface area contributed by atoms with E-state index in [1.807, 2.05) is 48.5 Å². The second kappa shape index (κ2) is 10.6. The monoisotopic (exact) mass is 382 g/mol. The first-order valence-corrected chi connectivity index (χ1v) is 8.79. The maximum absolute atomic E-state index is 11.6. The lowest BCUT2D eigenvalue weighted by molar-refractivity contribution is -0.142. The molecule has 0 spiro atoms. The first kappa shape index (κ1) is 20.9. The zero-order valence-electron chi connectivity index (χ0n) is 15.9. The minimum atomic E-state index is -0.933. The van der Waals surface area contributed by atoms with Crippen LogP contribution >= 0.6 is 0 Å². The van der Waals surface area contributed by atoms with Crippen LogP contribution < -0.4 is 9.47 Å². The van der Waals surface area contributed by atoms with Crippen LogP contribution in [0.4, 0.5) is 0 Å². The van der Waals surface area contributed by atoms with Gasteiger partial charge in [-0.2, -0.15) is 4.79 Å². The summed E-state index contributed by atoms with van der Waals surface area (Å²) in [5.41, 5.74) is 10.1. The minimum absolute atomic E-state index is 0.0969. The van der Waals surface area contributed by atoms with Crippen molar-refractivity contribution in [3.8, 4) is 11.5 Å². The lowest BCUT2D eigenvalue weighted by Gasteiger charge is -2.12. The van der Waals surface area contributed by atoms with E-state index in [9.17, 15) is 9.59 Å². The van der Waals surface area contributed by atoms with E-state index in [0.29, 0.717) is 30.9 Å². The molecule has 0 atom stereocenters. The molecule has 0 saturated heterocycles. The van der Waals surface area contributed by atoms with Gasteiger partial charge in [0.2, 0.25) is 5.78 Å². The van der Waals surface area contributed by atoms with Crippen LogP contribution in [-0.4, -0.2) is 36.0 Å². The zero-order valence-corrected chi connectivity index (χ0v) is 15.9. The maximum atomic E-state index is 11.6. The van der Waals surface area contributed by atoms with Crippen molar-refractivity contribution in [2.24, 2.45) is 0 Å². The standard InChI is InChI=1S/C21H22N2O5/c1-15(24)20(23-22)21(25)27-12-6-9-16-10-11-18(19(13-16)26-2)28-14-17-7-4-3-5-8-17/h3-5,7-8,10-11,13H,6,9,12,14H2,1-2H3. The van der Waals surface area contributed by atoms with Crippen LogP contribution in [0.3, 0.4) is 0 Å². The molecule has 0 unspecified atom stereocenters. The van der Waals surface area contributed by atoms with Gasteiger partial charge in [0.05, 0.1) is 13.7 Å². The van der Waals surface area contributed by atoms with Gasteiger partial charge in [-0.05, 0) is 36.1 Å². The van der Waals surface area contributed by atoms with Gasteiger partial charge < -0.3 is 19.7 Å². The molecule has 0 aromatic heterocycles. The zero-order chi connectivity index (χ0) is 20.4. The average molecular weight is 382 g/mol. The van der Waals surface area contributed by atoms with Crippen molar-refractivity contribution >= 4 is 17.5 Å². The number of ether oxygens (including phenoxy) is 3. The molecule has 2 rings (SSSR count). The minimum Gasteiger partial charge on any atom is -0.493 e. The Labute approximate surface area is 163 Å². The first-order valence-electron chi connectivity index (χ1n) is 8.79. The second-order valence-electron chi connectivity index (χ2n) is 6.00. The average Bonchev–Trinajstić information content (AvgIpc) is 2.71. The van der Waals surface area contributed by atoms with Crippen molar-refractivity contribution in [2.45, 2.75) is 26.4 Å². The number of carbonyl (C=O) groups excluding carboxylic acids is 2. The van der Waals surface area contributed by atoms with Gasteiger partial charge in [0.15, 0.2) is 11.5 Å². The van der Waals surface area contributed by atoms with E-state index in [4.69, 9.17) is 19.7 Å². The Morgan fingerprint density at radius 1 is 1.04 bits per heavy atom. The molecule has 0 aliphatic heterocycles. The van der Waals surface area contributed by atoms with E-state index < -0.39 is 17.5 Å². The van der Waals surface area contributed by atoms with Crippen LogP contribution in [0.2, 0.25) is 0 Å². The highest BCUT2D eigenvalue weighted by molar-refractivity contribution is 6.61. The number of carbonyl (C=O) groups is 2. The van der Waals surface area contributed by atoms with E-state index in [2.05, 4.69) is 4.79 Å². The number of Topliss-reactive ketones (excluding diaryl/α,β-unsaturated/α-hetero) is 1. The van der Waals surface area contributed by atoms with E-state index in [1.54, 1.807) is 7.11 Å². The number of hydrogen-bond acceptors (Lipinski definition) is 5. The Kier molecular flexibility index (Phi) is 7.93. The summed E-state index contributed by atoms with van der Waals surface area (Å²) in [6.07, 6.45) is 1.17. The number of aryl methyl sites for hydroxylation is 1. The third-order valence-corrected chi connectivity index (χ3v) is 3.93. The van der Waals surface area contributed by atoms with E-state index in [0.717, 1.165) is 18.1 Å². The molecule has 146 valence electrons. The van der Waals surface area contributed by atoms with Crippen molar-refractivity contribution in [1.29, 1.82) is 0 Å². The highest BCUT2D eigenvalue weighted by atomic mass is 16.5. The third-order valence-electron chi connectivity index (χ3n) is 3.93. The molecule has 7 nitrogen and oxygen atoms in total. The summed E-state index contributed by atoms with van der Waals surface area (Å²) >= 11 is 0. The molecule has 2 aromatic rings. The number of nitrogens with zero attached hydrogens (tertiary/aromatic N) is 2. The molecule has 0 aliphatic rings. The molecule has 0 radical (unpaired) electrons. The summed E-state index contributed by atoms with van der Waals surface area (Å²) in [6, 6.07) is 15.5. The number of esters is 1. The number of methoxy groups -OCH3 is 1. The summed E-state index contributed by atoms with van der Waals surface area (Å²) in [5, 5.41) is 0. The van der Waals surface area contributed by atoms with Crippen LogP contribution in [0, 0.1) is 0 Å². The van der Waals surface area contributed by atoms with Gasteiger partial charge in [0.1, 0.15) is 6.61 Å². The smallest absolute Gasteiger partial charge is 0.441 e. The van der Waals surface area contributed by atoms with Gasteiger partial charge in [0.25, 0.3) is 0 Å². The first-order chi connectivity index (χ1) is 13.5. The summed E-state index contributed by atoms with van der Waals surface area (Å²) in [7, 11) is 1.58. The highest BCUT2D eigenvalue weighted by Gasteiger charge is 2.27. The van der Waals surface area contributed by atoms with Gasteiger partial charge in [-0.15, -0.1) is 0 Å². The predicted octanol–water partition coefficient (Wildman–Crippen LogP) is 3.01. The van der Waals surface area contributed by atoms with Crippen LogP contribution in [0.25, 0.3) is 5.53 Å². The van der Waals surface area contributed by atoms with Crippen molar-refractivity contribution in [3.63, 3.8) is 0 Å². The molecule has 0 saturated carbocycles. The SMILES string of the molecule is COc1cc(CCCOC(=O)C(=[N+]=[N-])C(C)=O)ccc1OCc1ccccc1. The van der Waals surface area contributed by atoms with Gasteiger partial charge >= 0.3 is 11.7 Å². The van der Waals surface area contributed by atoms with Gasteiger partial charge in [-0.1, -0.05) is 36.4 Å². The van der Waals surface area contributed by atoms with Crippen LogP contribution in [0.1, 0.15) is 24.5 Å². The molecule has 2 aromatic carbocycles. The van der Waals surface area contributed by atoms with E-state index >= 15 is 0 Å². The third kappa shape index (κ3) is 6.07. The van der Waals surface area contributed by atoms with E-state index in [-0.39, 0.29) is 6.61 Å². The molecular weight excluding hydrogens is 360 g/mol. The topological polar surface area (TPSA) is 98.2 Å². The van der Waals surface area contributed by atoms with Crippen LogP contribution in [0.5, 0.6) is 11.5 Å². The quantitative estimate of drug-likeness (QED) is 0.157. The summed E-state index contributed by atoms with van der Waals surface area (Å²) < 4.78 is 16.2. The number of benzene rings is 2. The molecule has 0 heterocycles. The highest BCUT2D eigenvalue weighted by Crippen LogP contribution is 2.29. The second-order valence-corrected chi connectivity index (χ2v) is 6.00. The normalized spacial score (nSPS) is 9.93. The molecule has 28 heavy (non-hydrogen) atoms. The van der Waals surface area contributed by atoms with Crippen molar-refractivity contribution in [2.75, 3.05) is 13.7 Å². The summed E-state index contributed by atoms with van der Waals surface area (Å²) in [5.74, 6) is -0.316. The largest absolute Gasteiger partial charge is 0.493 e. The Morgan fingerprint density at radius 2 is 1.79 bits per heavy atom. The predicted molar refractivity (Wildman–Crippen MR) is 102 cm³/mol. The fourth-order valence-corrected chi connectivity index (χ4v) is 2.49. The fourth-order valence-electron chi connectivity index (χ4n) is 2.49. The Hall–Kier alpha value is -3.44. The van der Waals surface area contributed by atoms with Crippen molar-refractivity contribution in [1.82, 2.24) is 0 Å². The molecule has 0 aliphatic carbocycles. The van der Waals surface area contributed by atoms with Gasteiger partial charge in [-0.3, -0.25) is 4.79 Å². The van der Waals surface area contributed by atoms with E-state index in [1.165, 1.54) is 0 Å². The Morgan fingerprint density at radius 3 is 2.43 bits per heavy atom. The number of rotatable bonds is 10. The van der Waals surface area contributed by atoms with Crippen LogP contribution in [-0.2, 0) is 27.4 Å². The molecule has 0 N–H and O–H groups in total. The number of hydrogen-bond donors (Lipinski definition) is 0.